The highest BCUT2D eigenvalue weighted by molar-refractivity contribution is 5.92. The van der Waals surface area contributed by atoms with Crippen molar-refractivity contribution in [1.29, 1.82) is 0 Å². The van der Waals surface area contributed by atoms with Gasteiger partial charge in [0.15, 0.2) is 11.5 Å². The molecule has 2 aliphatic rings. The number of aromatic nitrogens is 3. The van der Waals surface area contributed by atoms with Crippen LogP contribution in [-0.2, 0) is 12.8 Å². The average molecular weight is 492 g/mol. The number of benzene rings is 1. The molecule has 36 heavy (non-hydrogen) atoms. The van der Waals surface area contributed by atoms with Crippen LogP contribution in [0.5, 0.6) is 11.6 Å². The Bertz CT molecular complexity index is 1230. The van der Waals surface area contributed by atoms with Gasteiger partial charge >= 0.3 is 0 Å². The van der Waals surface area contributed by atoms with Crippen molar-refractivity contribution in [2.45, 2.75) is 51.2 Å². The van der Waals surface area contributed by atoms with Crippen LogP contribution in [0.2, 0.25) is 0 Å². The van der Waals surface area contributed by atoms with Crippen molar-refractivity contribution >= 4 is 11.7 Å². The van der Waals surface area contributed by atoms with E-state index < -0.39 is 0 Å². The Morgan fingerprint density at radius 1 is 1.08 bits per heavy atom. The quantitative estimate of drug-likeness (QED) is 0.563. The smallest absolute Gasteiger partial charge is 0.272 e. The van der Waals surface area contributed by atoms with Crippen molar-refractivity contribution in [3.8, 4) is 11.6 Å². The number of anilines is 1. The average Bonchev–Trinajstić information content (AvgIpc) is 2.90. The van der Waals surface area contributed by atoms with E-state index in [1.165, 1.54) is 6.07 Å². The van der Waals surface area contributed by atoms with E-state index >= 15 is 0 Å². The number of carbonyl (C=O) groups is 1. The molecule has 1 amide bonds. The molecule has 9 heteroatoms. The fraction of sp³-hybridized carbons (Fsp3) is 0.407. The van der Waals surface area contributed by atoms with Crippen molar-refractivity contribution in [3.05, 3.63) is 70.8 Å². The second-order valence-corrected chi connectivity index (χ2v) is 9.40. The largest absolute Gasteiger partial charge is 0.489 e. The Morgan fingerprint density at radius 2 is 1.92 bits per heavy atom. The highest BCUT2D eigenvalue weighted by Crippen LogP contribution is 2.25. The van der Waals surface area contributed by atoms with Gasteiger partial charge in [-0.05, 0) is 67.1 Å². The van der Waals surface area contributed by atoms with Gasteiger partial charge in [0.1, 0.15) is 17.7 Å². The van der Waals surface area contributed by atoms with Gasteiger partial charge < -0.3 is 19.7 Å². The third-order valence-electron chi connectivity index (χ3n) is 6.89. The minimum absolute atomic E-state index is 0.00262. The summed E-state index contributed by atoms with van der Waals surface area (Å²) in [4.78, 5) is 19.2. The molecule has 0 bridgehead atoms. The summed E-state index contributed by atoms with van der Waals surface area (Å²) in [5.41, 5.74) is 3.33. The molecule has 188 valence electrons. The first-order chi connectivity index (χ1) is 17.5. The van der Waals surface area contributed by atoms with Gasteiger partial charge in [-0.3, -0.25) is 4.79 Å². The number of hydrogen-bond donors (Lipinski definition) is 1. The molecule has 1 unspecified atom stereocenters. The number of halogens is 1. The van der Waals surface area contributed by atoms with Crippen molar-refractivity contribution in [3.63, 3.8) is 0 Å². The SMILES string of the molecule is COc1ccc(OC2CCN(c3nnc(C(=O)NC4CCc5cc(F)ccc5C4)cc3C)CC2)cn1. The Hall–Kier alpha value is -3.75. The highest BCUT2D eigenvalue weighted by Gasteiger charge is 2.25. The Labute approximate surface area is 209 Å². The summed E-state index contributed by atoms with van der Waals surface area (Å²) in [6.07, 6.45) is 5.69. The monoisotopic (exact) mass is 491 g/mol. The van der Waals surface area contributed by atoms with Gasteiger partial charge in [-0.2, -0.15) is 0 Å². The lowest BCUT2D eigenvalue weighted by molar-refractivity contribution is 0.0927. The minimum Gasteiger partial charge on any atom is -0.489 e. The van der Waals surface area contributed by atoms with Gasteiger partial charge in [-0.1, -0.05) is 6.07 Å². The van der Waals surface area contributed by atoms with E-state index in [1.807, 2.05) is 19.1 Å². The zero-order valence-corrected chi connectivity index (χ0v) is 20.5. The van der Waals surface area contributed by atoms with E-state index in [-0.39, 0.29) is 23.9 Å². The summed E-state index contributed by atoms with van der Waals surface area (Å²) in [5.74, 6) is 1.64. The van der Waals surface area contributed by atoms with Crippen LogP contribution in [0.1, 0.15) is 46.4 Å². The zero-order valence-electron chi connectivity index (χ0n) is 20.5. The third-order valence-corrected chi connectivity index (χ3v) is 6.89. The van der Waals surface area contributed by atoms with Crippen LogP contribution in [0.3, 0.4) is 0 Å². The Balaban J connectivity index is 1.15. The Kier molecular flexibility index (Phi) is 6.97. The van der Waals surface area contributed by atoms with E-state index in [2.05, 4.69) is 25.4 Å². The first kappa shape index (κ1) is 24.0. The standard InChI is InChI=1S/C27H30FN5O3/c1-17-13-24(27(34)30-21-6-4-18-14-20(28)5-3-19(18)15-21)31-32-26(17)33-11-9-22(10-12-33)36-23-7-8-25(35-2)29-16-23/h3,5,7-8,13-14,16,21-22H,4,6,9-12,15H2,1-2H3,(H,30,34). The fourth-order valence-corrected chi connectivity index (χ4v) is 4.94. The summed E-state index contributed by atoms with van der Waals surface area (Å²) in [6.45, 7) is 3.53. The fourth-order valence-electron chi connectivity index (χ4n) is 4.94. The topological polar surface area (TPSA) is 89.5 Å². The number of ether oxygens (including phenoxy) is 2. The molecule has 2 aromatic heterocycles. The number of amides is 1. The summed E-state index contributed by atoms with van der Waals surface area (Å²) in [5, 5.41) is 11.7. The predicted octanol–water partition coefficient (Wildman–Crippen LogP) is 3.66. The molecule has 0 radical (unpaired) electrons. The van der Waals surface area contributed by atoms with Crippen molar-refractivity contribution < 1.29 is 18.7 Å². The summed E-state index contributed by atoms with van der Waals surface area (Å²) in [7, 11) is 1.59. The maximum atomic E-state index is 13.5. The van der Waals surface area contributed by atoms with Crippen molar-refractivity contribution in [2.75, 3.05) is 25.1 Å². The number of nitrogens with zero attached hydrogens (tertiary/aromatic N) is 4. The Morgan fingerprint density at radius 3 is 2.64 bits per heavy atom. The maximum Gasteiger partial charge on any atom is 0.272 e. The number of methoxy groups -OCH3 is 1. The first-order valence-corrected chi connectivity index (χ1v) is 12.3. The summed E-state index contributed by atoms with van der Waals surface area (Å²) in [6, 6.07) is 10.3. The van der Waals surface area contributed by atoms with Crippen molar-refractivity contribution in [2.24, 2.45) is 0 Å². The van der Waals surface area contributed by atoms with Gasteiger partial charge in [-0.15, -0.1) is 10.2 Å². The molecule has 1 atom stereocenters. The number of pyridine rings is 1. The van der Waals surface area contributed by atoms with E-state index in [9.17, 15) is 9.18 Å². The predicted molar refractivity (Wildman–Crippen MR) is 133 cm³/mol. The molecule has 0 saturated carbocycles. The van der Waals surface area contributed by atoms with Crippen LogP contribution < -0.4 is 19.7 Å². The van der Waals surface area contributed by atoms with E-state index in [0.29, 0.717) is 18.0 Å². The molecule has 1 aromatic carbocycles. The molecular weight excluding hydrogens is 461 g/mol. The lowest BCUT2D eigenvalue weighted by atomic mass is 9.88. The molecule has 1 aliphatic heterocycles. The minimum atomic E-state index is -0.229. The third kappa shape index (κ3) is 5.40. The molecule has 1 fully saturated rings. The molecule has 1 N–H and O–H groups in total. The van der Waals surface area contributed by atoms with Crippen LogP contribution in [0.15, 0.2) is 42.6 Å². The highest BCUT2D eigenvalue weighted by atomic mass is 19.1. The van der Waals surface area contributed by atoms with Gasteiger partial charge in [0.2, 0.25) is 5.88 Å². The maximum absolute atomic E-state index is 13.5. The van der Waals surface area contributed by atoms with Crippen LogP contribution in [-0.4, -0.2) is 53.4 Å². The number of fused-ring (bicyclic) bond motifs is 1. The summed E-state index contributed by atoms with van der Waals surface area (Å²) < 4.78 is 24.6. The number of piperidine rings is 1. The molecule has 0 spiro atoms. The van der Waals surface area contributed by atoms with Crippen LogP contribution >= 0.6 is 0 Å². The number of hydrogen-bond acceptors (Lipinski definition) is 7. The van der Waals surface area contributed by atoms with Crippen LogP contribution in [0, 0.1) is 12.7 Å². The lowest BCUT2D eigenvalue weighted by Crippen LogP contribution is -2.40. The second-order valence-electron chi connectivity index (χ2n) is 9.40. The summed E-state index contributed by atoms with van der Waals surface area (Å²) >= 11 is 0. The van der Waals surface area contributed by atoms with Crippen LogP contribution in [0.4, 0.5) is 10.2 Å². The molecular formula is C27H30FN5O3. The van der Waals surface area contributed by atoms with E-state index in [0.717, 1.165) is 67.0 Å². The van der Waals surface area contributed by atoms with E-state index in [1.54, 1.807) is 31.5 Å². The lowest BCUT2D eigenvalue weighted by Gasteiger charge is -2.33. The normalized spacial score (nSPS) is 17.9. The first-order valence-electron chi connectivity index (χ1n) is 12.3. The molecule has 3 heterocycles. The number of carbonyl (C=O) groups excluding carboxylic acids is 1. The molecule has 5 rings (SSSR count). The molecule has 8 nitrogen and oxygen atoms in total. The number of nitrogens with one attached hydrogen (secondary N) is 1. The van der Waals surface area contributed by atoms with Gasteiger partial charge in [0, 0.05) is 38.0 Å². The zero-order chi connectivity index (χ0) is 25.1. The van der Waals surface area contributed by atoms with Crippen LogP contribution in [0.25, 0.3) is 0 Å². The molecule has 1 aliphatic carbocycles. The van der Waals surface area contributed by atoms with Gasteiger partial charge in [0.05, 0.1) is 13.3 Å². The number of aryl methyl sites for hydroxylation is 2. The van der Waals surface area contributed by atoms with Gasteiger partial charge in [0.25, 0.3) is 5.91 Å². The van der Waals surface area contributed by atoms with Crippen molar-refractivity contribution in [1.82, 2.24) is 20.5 Å². The second kappa shape index (κ2) is 10.5. The molecule has 3 aromatic rings. The van der Waals surface area contributed by atoms with E-state index in [4.69, 9.17) is 9.47 Å². The van der Waals surface area contributed by atoms with Gasteiger partial charge in [-0.25, -0.2) is 9.37 Å². The molecule has 1 saturated heterocycles. The number of rotatable bonds is 6.